The zero-order chi connectivity index (χ0) is 19.5. The molecule has 4 rings (SSSR count). The van der Waals surface area contributed by atoms with Gasteiger partial charge in [-0.3, -0.25) is 9.69 Å². The van der Waals surface area contributed by atoms with Crippen molar-refractivity contribution >= 4 is 5.91 Å². The standard InChI is InChI=1S/C23H27FN2O2/c1-25(21-8-4-6-17-5-2-3-7-20(17)21)23(27)16-26-13-14-28-22(15-26)18-9-11-19(24)12-10-18/h2-3,5,7,9-12,21-22H,4,6,8,13-16H2,1H3/t21-,22-/m1/s1. The molecule has 1 heterocycles. The second-order valence-electron chi connectivity index (χ2n) is 7.76. The van der Waals surface area contributed by atoms with Crippen molar-refractivity contribution in [3.63, 3.8) is 0 Å². The van der Waals surface area contributed by atoms with Gasteiger partial charge < -0.3 is 9.64 Å². The van der Waals surface area contributed by atoms with E-state index in [0.29, 0.717) is 19.7 Å². The zero-order valence-electron chi connectivity index (χ0n) is 16.3. The van der Waals surface area contributed by atoms with Gasteiger partial charge in [0, 0.05) is 20.1 Å². The predicted octanol–water partition coefficient (Wildman–Crippen LogP) is 3.74. The lowest BCUT2D eigenvalue weighted by atomic mass is 9.87. The second kappa shape index (κ2) is 8.41. The van der Waals surface area contributed by atoms with E-state index in [1.807, 2.05) is 11.9 Å². The van der Waals surface area contributed by atoms with E-state index in [-0.39, 0.29) is 23.9 Å². The summed E-state index contributed by atoms with van der Waals surface area (Å²) in [4.78, 5) is 17.1. The van der Waals surface area contributed by atoms with Crippen LogP contribution in [0.3, 0.4) is 0 Å². The second-order valence-corrected chi connectivity index (χ2v) is 7.76. The molecule has 0 bridgehead atoms. The Bertz CT molecular complexity index is 824. The molecule has 1 aliphatic heterocycles. The molecule has 0 radical (unpaired) electrons. The molecule has 5 heteroatoms. The van der Waals surface area contributed by atoms with Crippen molar-refractivity contribution in [2.45, 2.75) is 31.4 Å². The van der Waals surface area contributed by atoms with Crippen LogP contribution in [0.5, 0.6) is 0 Å². The van der Waals surface area contributed by atoms with E-state index in [2.05, 4.69) is 29.2 Å². The minimum Gasteiger partial charge on any atom is -0.371 e. The molecular weight excluding hydrogens is 355 g/mol. The van der Waals surface area contributed by atoms with Gasteiger partial charge in [-0.1, -0.05) is 36.4 Å². The maximum absolute atomic E-state index is 13.2. The molecule has 1 amide bonds. The molecule has 2 aromatic rings. The van der Waals surface area contributed by atoms with E-state index in [9.17, 15) is 9.18 Å². The molecule has 0 spiro atoms. The lowest BCUT2D eigenvalue weighted by Gasteiger charge is -2.37. The monoisotopic (exact) mass is 382 g/mol. The van der Waals surface area contributed by atoms with Gasteiger partial charge in [0.1, 0.15) is 5.82 Å². The molecule has 0 saturated carbocycles. The van der Waals surface area contributed by atoms with Crippen LogP contribution >= 0.6 is 0 Å². The van der Waals surface area contributed by atoms with Crippen molar-refractivity contribution in [2.24, 2.45) is 0 Å². The summed E-state index contributed by atoms with van der Waals surface area (Å²) in [7, 11) is 1.92. The van der Waals surface area contributed by atoms with Crippen molar-refractivity contribution < 1.29 is 13.9 Å². The van der Waals surface area contributed by atoms with Crippen LogP contribution in [0.1, 0.15) is 41.7 Å². The number of likely N-dealkylation sites (N-methyl/N-ethyl adjacent to an activating group) is 1. The molecule has 2 atom stereocenters. The number of carbonyl (C=O) groups excluding carboxylic acids is 1. The fourth-order valence-corrected chi connectivity index (χ4v) is 4.33. The summed E-state index contributed by atoms with van der Waals surface area (Å²) in [6.45, 7) is 2.34. The van der Waals surface area contributed by atoms with Crippen molar-refractivity contribution in [2.75, 3.05) is 33.3 Å². The molecule has 28 heavy (non-hydrogen) atoms. The Hall–Kier alpha value is -2.24. The Morgan fingerprint density at radius 3 is 2.82 bits per heavy atom. The molecule has 4 nitrogen and oxygen atoms in total. The highest BCUT2D eigenvalue weighted by atomic mass is 19.1. The molecule has 0 aromatic heterocycles. The maximum atomic E-state index is 13.2. The quantitative estimate of drug-likeness (QED) is 0.808. The van der Waals surface area contributed by atoms with Gasteiger partial charge >= 0.3 is 0 Å². The molecule has 1 saturated heterocycles. The van der Waals surface area contributed by atoms with Gasteiger partial charge in [0.05, 0.1) is 25.3 Å². The number of hydrogen-bond acceptors (Lipinski definition) is 3. The van der Waals surface area contributed by atoms with Crippen LogP contribution in [0.2, 0.25) is 0 Å². The van der Waals surface area contributed by atoms with E-state index in [0.717, 1.165) is 31.4 Å². The van der Waals surface area contributed by atoms with Crippen LogP contribution in [-0.2, 0) is 16.0 Å². The highest BCUT2D eigenvalue weighted by molar-refractivity contribution is 5.78. The number of fused-ring (bicyclic) bond motifs is 1. The number of benzene rings is 2. The first-order valence-electron chi connectivity index (χ1n) is 10.0. The van der Waals surface area contributed by atoms with Crippen LogP contribution in [0, 0.1) is 5.82 Å². The Labute approximate surface area is 165 Å². The fraction of sp³-hybridized carbons (Fsp3) is 0.435. The molecule has 2 aliphatic rings. The van der Waals surface area contributed by atoms with E-state index >= 15 is 0 Å². The summed E-state index contributed by atoms with van der Waals surface area (Å²) in [5.41, 5.74) is 3.60. The number of aryl methyl sites for hydroxylation is 1. The largest absolute Gasteiger partial charge is 0.371 e. The van der Waals surface area contributed by atoms with Crippen LogP contribution in [0.4, 0.5) is 4.39 Å². The number of halogens is 1. The third-order valence-corrected chi connectivity index (χ3v) is 5.95. The first-order chi connectivity index (χ1) is 13.6. The summed E-state index contributed by atoms with van der Waals surface area (Å²) >= 11 is 0. The van der Waals surface area contributed by atoms with Crippen molar-refractivity contribution in [1.29, 1.82) is 0 Å². The Morgan fingerprint density at radius 1 is 1.21 bits per heavy atom. The topological polar surface area (TPSA) is 32.8 Å². The van der Waals surface area contributed by atoms with Gasteiger partial charge in [0.2, 0.25) is 5.91 Å². The number of nitrogens with zero attached hydrogens (tertiary/aromatic N) is 2. The van der Waals surface area contributed by atoms with E-state index in [1.54, 1.807) is 12.1 Å². The smallest absolute Gasteiger partial charge is 0.237 e. The van der Waals surface area contributed by atoms with Gasteiger partial charge in [-0.15, -0.1) is 0 Å². The van der Waals surface area contributed by atoms with E-state index in [1.165, 1.54) is 23.3 Å². The van der Waals surface area contributed by atoms with Crippen molar-refractivity contribution in [3.8, 4) is 0 Å². The molecule has 1 aliphatic carbocycles. The number of hydrogen-bond donors (Lipinski definition) is 0. The third-order valence-electron chi connectivity index (χ3n) is 5.95. The van der Waals surface area contributed by atoms with Gasteiger partial charge in [0.15, 0.2) is 0 Å². The van der Waals surface area contributed by atoms with Crippen LogP contribution in [0.25, 0.3) is 0 Å². The molecule has 2 aromatic carbocycles. The Morgan fingerprint density at radius 2 is 2.00 bits per heavy atom. The van der Waals surface area contributed by atoms with E-state index in [4.69, 9.17) is 4.74 Å². The number of rotatable bonds is 4. The Kier molecular flexibility index (Phi) is 5.74. The minimum atomic E-state index is -0.249. The van der Waals surface area contributed by atoms with Gasteiger partial charge in [0.25, 0.3) is 0 Å². The molecular formula is C23H27FN2O2. The number of carbonyl (C=O) groups is 1. The maximum Gasteiger partial charge on any atom is 0.237 e. The number of amides is 1. The lowest BCUT2D eigenvalue weighted by molar-refractivity contribution is -0.135. The average Bonchev–Trinajstić information content (AvgIpc) is 2.73. The van der Waals surface area contributed by atoms with Gasteiger partial charge in [-0.05, 0) is 48.1 Å². The normalized spacial score (nSPS) is 22.5. The number of ether oxygens (including phenoxy) is 1. The molecule has 0 N–H and O–H groups in total. The molecule has 0 unspecified atom stereocenters. The first-order valence-corrected chi connectivity index (χ1v) is 10.0. The third kappa shape index (κ3) is 4.10. The Balaban J connectivity index is 1.40. The SMILES string of the molecule is CN(C(=O)CN1CCO[C@@H](c2ccc(F)cc2)C1)[C@@H]1CCCc2ccccc21. The summed E-state index contributed by atoms with van der Waals surface area (Å²) in [6, 6.07) is 15.1. The summed E-state index contributed by atoms with van der Waals surface area (Å²) < 4.78 is 19.0. The highest BCUT2D eigenvalue weighted by Gasteiger charge is 2.29. The predicted molar refractivity (Wildman–Crippen MR) is 106 cm³/mol. The molecule has 1 fully saturated rings. The minimum absolute atomic E-state index is 0.122. The summed E-state index contributed by atoms with van der Waals surface area (Å²) in [6.07, 6.45) is 3.10. The van der Waals surface area contributed by atoms with Crippen molar-refractivity contribution in [3.05, 3.63) is 71.0 Å². The first kappa shape index (κ1) is 19.1. The van der Waals surface area contributed by atoms with Crippen LogP contribution in [0.15, 0.2) is 48.5 Å². The van der Waals surface area contributed by atoms with Gasteiger partial charge in [-0.2, -0.15) is 0 Å². The number of morpholine rings is 1. The van der Waals surface area contributed by atoms with Crippen LogP contribution < -0.4 is 0 Å². The summed E-state index contributed by atoms with van der Waals surface area (Å²) in [5.74, 6) is -0.109. The average molecular weight is 382 g/mol. The van der Waals surface area contributed by atoms with Gasteiger partial charge in [-0.25, -0.2) is 4.39 Å². The van der Waals surface area contributed by atoms with E-state index < -0.39 is 0 Å². The zero-order valence-corrected chi connectivity index (χ0v) is 16.3. The molecule has 148 valence electrons. The van der Waals surface area contributed by atoms with Crippen LogP contribution in [-0.4, -0.2) is 49.0 Å². The van der Waals surface area contributed by atoms with Crippen molar-refractivity contribution in [1.82, 2.24) is 9.80 Å². The lowest BCUT2D eigenvalue weighted by Crippen LogP contribution is -2.45. The fourth-order valence-electron chi connectivity index (χ4n) is 4.33. The highest BCUT2D eigenvalue weighted by Crippen LogP contribution is 2.33. The summed E-state index contributed by atoms with van der Waals surface area (Å²) in [5, 5.41) is 0.